The summed E-state index contributed by atoms with van der Waals surface area (Å²) in [5, 5.41) is 0. The molecular formula is C17H24N2O5S. The van der Waals surface area contributed by atoms with Gasteiger partial charge in [-0.2, -0.15) is 0 Å². The number of esters is 1. The molecule has 1 saturated heterocycles. The molecule has 0 atom stereocenters. The van der Waals surface area contributed by atoms with Crippen LogP contribution in [0.4, 0.5) is 5.69 Å². The number of ether oxygens (including phenoxy) is 1. The Kier molecular flexibility index (Phi) is 6.81. The molecule has 0 saturated carbocycles. The van der Waals surface area contributed by atoms with Gasteiger partial charge in [-0.1, -0.05) is 13.0 Å². The van der Waals surface area contributed by atoms with E-state index in [0.717, 1.165) is 19.3 Å². The molecule has 0 aliphatic carbocycles. The van der Waals surface area contributed by atoms with Crippen LogP contribution in [-0.4, -0.2) is 50.6 Å². The Morgan fingerprint density at radius 1 is 1.20 bits per heavy atom. The molecule has 1 amide bonds. The summed E-state index contributed by atoms with van der Waals surface area (Å²) in [6, 6.07) is 6.04. The highest BCUT2D eigenvalue weighted by molar-refractivity contribution is 7.92. The molecular weight excluding hydrogens is 344 g/mol. The van der Waals surface area contributed by atoms with E-state index in [-0.39, 0.29) is 23.8 Å². The molecule has 1 aromatic rings. The number of benzene rings is 1. The van der Waals surface area contributed by atoms with Gasteiger partial charge in [0.1, 0.15) is 0 Å². The normalized spacial score (nSPS) is 14.8. The van der Waals surface area contributed by atoms with E-state index in [1.807, 2.05) is 0 Å². The second kappa shape index (κ2) is 8.84. The minimum atomic E-state index is -3.43. The SMILES string of the molecule is CCCS(=O)(=O)Nc1cccc(C(=O)OCC(=O)N2CCCCC2)c1. The summed E-state index contributed by atoms with van der Waals surface area (Å²) in [5.74, 6) is -0.846. The van der Waals surface area contributed by atoms with Crippen LogP contribution in [0.25, 0.3) is 0 Å². The fraction of sp³-hybridized carbons (Fsp3) is 0.529. The number of carbonyl (C=O) groups is 2. The Morgan fingerprint density at radius 3 is 2.60 bits per heavy atom. The van der Waals surface area contributed by atoms with Gasteiger partial charge in [0, 0.05) is 18.8 Å². The monoisotopic (exact) mass is 368 g/mol. The molecule has 25 heavy (non-hydrogen) atoms. The number of nitrogens with zero attached hydrogens (tertiary/aromatic N) is 1. The maximum absolute atomic E-state index is 12.1. The van der Waals surface area contributed by atoms with Crippen LogP contribution in [0.5, 0.6) is 0 Å². The van der Waals surface area contributed by atoms with Gasteiger partial charge in [-0.05, 0) is 43.9 Å². The first-order chi connectivity index (χ1) is 11.9. The van der Waals surface area contributed by atoms with Gasteiger partial charge in [-0.15, -0.1) is 0 Å². The van der Waals surface area contributed by atoms with E-state index in [1.54, 1.807) is 24.0 Å². The first-order valence-electron chi connectivity index (χ1n) is 8.47. The van der Waals surface area contributed by atoms with Crippen molar-refractivity contribution in [3.05, 3.63) is 29.8 Å². The minimum absolute atomic E-state index is 0.00596. The van der Waals surface area contributed by atoms with Crippen molar-refractivity contribution in [3.63, 3.8) is 0 Å². The van der Waals surface area contributed by atoms with E-state index in [4.69, 9.17) is 4.74 Å². The molecule has 0 spiro atoms. The third kappa shape index (κ3) is 6.04. The summed E-state index contributed by atoms with van der Waals surface area (Å²) < 4.78 is 31.1. The molecule has 2 rings (SSSR count). The molecule has 1 fully saturated rings. The summed E-state index contributed by atoms with van der Waals surface area (Å²) in [4.78, 5) is 25.8. The van der Waals surface area contributed by atoms with Crippen molar-refractivity contribution in [2.75, 3.05) is 30.2 Å². The zero-order chi connectivity index (χ0) is 18.3. The summed E-state index contributed by atoms with van der Waals surface area (Å²) in [5.41, 5.74) is 0.494. The van der Waals surface area contributed by atoms with Crippen molar-refractivity contribution in [1.82, 2.24) is 4.90 Å². The Morgan fingerprint density at radius 2 is 1.92 bits per heavy atom. The fourth-order valence-electron chi connectivity index (χ4n) is 2.65. The Hall–Kier alpha value is -2.09. The van der Waals surface area contributed by atoms with Crippen LogP contribution in [0.3, 0.4) is 0 Å². The molecule has 0 radical (unpaired) electrons. The van der Waals surface area contributed by atoms with E-state index in [2.05, 4.69) is 4.72 Å². The van der Waals surface area contributed by atoms with Gasteiger partial charge in [-0.3, -0.25) is 9.52 Å². The van der Waals surface area contributed by atoms with Crippen LogP contribution >= 0.6 is 0 Å². The van der Waals surface area contributed by atoms with Crippen LogP contribution in [0.15, 0.2) is 24.3 Å². The van der Waals surface area contributed by atoms with Gasteiger partial charge < -0.3 is 9.64 Å². The lowest BCUT2D eigenvalue weighted by Gasteiger charge is -2.26. The topological polar surface area (TPSA) is 92.8 Å². The lowest BCUT2D eigenvalue weighted by Crippen LogP contribution is -2.38. The molecule has 1 aliphatic heterocycles. The summed E-state index contributed by atoms with van der Waals surface area (Å²) in [7, 11) is -3.43. The summed E-state index contributed by atoms with van der Waals surface area (Å²) in [6.07, 6.45) is 3.55. The smallest absolute Gasteiger partial charge is 0.338 e. The van der Waals surface area contributed by atoms with Gasteiger partial charge in [0.15, 0.2) is 6.61 Å². The van der Waals surface area contributed by atoms with Gasteiger partial charge in [-0.25, -0.2) is 13.2 Å². The second-order valence-corrected chi connectivity index (χ2v) is 7.86. The van der Waals surface area contributed by atoms with Gasteiger partial charge in [0.05, 0.1) is 11.3 Å². The van der Waals surface area contributed by atoms with E-state index in [1.165, 1.54) is 12.1 Å². The van der Waals surface area contributed by atoms with E-state index < -0.39 is 16.0 Å². The van der Waals surface area contributed by atoms with Crippen molar-refractivity contribution in [3.8, 4) is 0 Å². The number of likely N-dealkylation sites (tertiary alicyclic amines) is 1. The number of sulfonamides is 1. The number of carbonyl (C=O) groups excluding carboxylic acids is 2. The predicted octanol–water partition coefficient (Wildman–Crippen LogP) is 2.01. The van der Waals surface area contributed by atoms with Crippen LogP contribution in [0.1, 0.15) is 43.0 Å². The predicted molar refractivity (Wildman–Crippen MR) is 94.9 cm³/mol. The number of piperidine rings is 1. The molecule has 138 valence electrons. The van der Waals surface area contributed by atoms with Crippen molar-refractivity contribution in [2.24, 2.45) is 0 Å². The van der Waals surface area contributed by atoms with Gasteiger partial charge in [0.25, 0.3) is 5.91 Å². The van der Waals surface area contributed by atoms with Crippen LogP contribution in [-0.2, 0) is 19.6 Å². The minimum Gasteiger partial charge on any atom is -0.452 e. The number of nitrogens with one attached hydrogen (secondary N) is 1. The van der Waals surface area contributed by atoms with Crippen molar-refractivity contribution in [1.29, 1.82) is 0 Å². The molecule has 0 bridgehead atoms. The average molecular weight is 368 g/mol. The lowest BCUT2D eigenvalue weighted by atomic mass is 10.1. The fourth-order valence-corrected chi connectivity index (χ4v) is 3.78. The number of anilines is 1. The highest BCUT2D eigenvalue weighted by Gasteiger charge is 2.19. The Balaban J connectivity index is 1.93. The van der Waals surface area contributed by atoms with E-state index in [0.29, 0.717) is 25.2 Å². The molecule has 1 aliphatic rings. The molecule has 1 aromatic carbocycles. The standard InChI is InChI=1S/C17H24N2O5S/c1-2-11-25(22,23)18-15-8-6-7-14(12-15)17(21)24-13-16(20)19-9-4-3-5-10-19/h6-8,12,18H,2-5,9-11,13H2,1H3. The van der Waals surface area contributed by atoms with Crippen molar-refractivity contribution < 1.29 is 22.7 Å². The van der Waals surface area contributed by atoms with Crippen molar-refractivity contribution >= 4 is 27.6 Å². The number of hydrogen-bond donors (Lipinski definition) is 1. The zero-order valence-electron chi connectivity index (χ0n) is 14.4. The van der Waals surface area contributed by atoms with Crippen molar-refractivity contribution in [2.45, 2.75) is 32.6 Å². The van der Waals surface area contributed by atoms with Crippen LogP contribution < -0.4 is 4.72 Å². The Bertz CT molecular complexity index is 712. The first-order valence-corrected chi connectivity index (χ1v) is 10.1. The quantitative estimate of drug-likeness (QED) is 0.743. The van der Waals surface area contributed by atoms with Gasteiger partial charge >= 0.3 is 5.97 Å². The zero-order valence-corrected chi connectivity index (χ0v) is 15.2. The summed E-state index contributed by atoms with van der Waals surface area (Å²) >= 11 is 0. The van der Waals surface area contributed by atoms with Crippen LogP contribution in [0, 0.1) is 0 Å². The largest absolute Gasteiger partial charge is 0.452 e. The average Bonchev–Trinajstić information content (AvgIpc) is 2.59. The molecule has 8 heteroatoms. The molecule has 1 N–H and O–H groups in total. The molecule has 1 heterocycles. The molecule has 0 aromatic heterocycles. The third-order valence-corrected chi connectivity index (χ3v) is 5.37. The number of rotatable bonds is 7. The molecule has 7 nitrogen and oxygen atoms in total. The van der Waals surface area contributed by atoms with E-state index in [9.17, 15) is 18.0 Å². The number of hydrogen-bond acceptors (Lipinski definition) is 5. The maximum Gasteiger partial charge on any atom is 0.338 e. The highest BCUT2D eigenvalue weighted by atomic mass is 32.2. The number of amides is 1. The highest BCUT2D eigenvalue weighted by Crippen LogP contribution is 2.14. The van der Waals surface area contributed by atoms with Crippen LogP contribution in [0.2, 0.25) is 0 Å². The molecule has 0 unspecified atom stereocenters. The summed E-state index contributed by atoms with van der Waals surface area (Å²) in [6.45, 7) is 2.87. The van der Waals surface area contributed by atoms with E-state index >= 15 is 0 Å². The van der Waals surface area contributed by atoms with Gasteiger partial charge in [0.2, 0.25) is 10.0 Å². The third-order valence-electron chi connectivity index (χ3n) is 3.88. The first kappa shape index (κ1) is 19.2. The lowest BCUT2D eigenvalue weighted by molar-refractivity contribution is -0.135. The second-order valence-electron chi connectivity index (χ2n) is 6.02. The maximum atomic E-state index is 12.1. The Labute approximate surface area is 148 Å².